The summed E-state index contributed by atoms with van der Waals surface area (Å²) in [6, 6.07) is 1.50. The Labute approximate surface area is 103 Å². The second kappa shape index (κ2) is 6.72. The lowest BCUT2D eigenvalue weighted by Crippen LogP contribution is -2.31. The predicted octanol–water partition coefficient (Wildman–Crippen LogP) is 1.38. The molecule has 0 spiro atoms. The molecule has 1 aromatic heterocycles. The van der Waals surface area contributed by atoms with Crippen molar-refractivity contribution in [2.24, 2.45) is 5.84 Å². The maximum absolute atomic E-state index is 11.9. The van der Waals surface area contributed by atoms with E-state index >= 15 is 0 Å². The average molecular weight is 266 g/mol. The zero-order chi connectivity index (χ0) is 13.6. The van der Waals surface area contributed by atoms with Crippen LogP contribution in [0.25, 0.3) is 0 Å². The molecule has 0 aliphatic carbocycles. The molecule has 0 amide bonds. The summed E-state index contributed by atoms with van der Waals surface area (Å²) in [6.07, 6.45) is -2.32. The van der Waals surface area contributed by atoms with Gasteiger partial charge in [0.15, 0.2) is 0 Å². The summed E-state index contributed by atoms with van der Waals surface area (Å²) in [7, 11) is 0. The second-order valence-electron chi connectivity index (χ2n) is 3.75. The zero-order valence-corrected chi connectivity index (χ0v) is 10.1. The molecule has 0 aromatic carbocycles. The minimum Gasteiger partial charge on any atom is -0.372 e. The lowest BCUT2D eigenvalue weighted by Gasteiger charge is -2.17. The average Bonchev–Trinajstić information content (AvgIpc) is 2.76. The predicted molar refractivity (Wildman–Crippen MR) is 59.5 cm³/mol. The van der Waals surface area contributed by atoms with Crippen LogP contribution in [0.15, 0.2) is 12.3 Å². The monoisotopic (exact) mass is 266 g/mol. The molecule has 1 aromatic rings. The van der Waals surface area contributed by atoms with Crippen LogP contribution in [0.4, 0.5) is 13.2 Å². The number of aryl methyl sites for hydroxylation is 1. The number of ether oxygens (including phenoxy) is 1. The fourth-order valence-electron chi connectivity index (χ4n) is 1.61. The number of halogens is 3. The molecule has 0 aliphatic rings. The third-order valence-electron chi connectivity index (χ3n) is 2.42. The quantitative estimate of drug-likeness (QED) is 0.444. The van der Waals surface area contributed by atoms with Crippen molar-refractivity contribution < 1.29 is 17.9 Å². The Morgan fingerprint density at radius 3 is 2.83 bits per heavy atom. The van der Waals surface area contributed by atoms with Crippen LogP contribution in [-0.4, -0.2) is 29.2 Å². The van der Waals surface area contributed by atoms with Gasteiger partial charge in [-0.15, -0.1) is 0 Å². The first-order valence-corrected chi connectivity index (χ1v) is 5.60. The molecule has 3 N–H and O–H groups in total. The van der Waals surface area contributed by atoms with E-state index in [2.05, 4.69) is 15.3 Å². The minimum absolute atomic E-state index is 0.0245. The molecule has 1 unspecified atom stereocenters. The molecule has 5 nitrogen and oxygen atoms in total. The van der Waals surface area contributed by atoms with Crippen molar-refractivity contribution in [3.8, 4) is 0 Å². The van der Waals surface area contributed by atoms with E-state index in [0.717, 1.165) is 5.69 Å². The van der Waals surface area contributed by atoms with E-state index in [1.807, 2.05) is 6.92 Å². The largest absolute Gasteiger partial charge is 0.411 e. The van der Waals surface area contributed by atoms with Crippen molar-refractivity contribution in [3.05, 3.63) is 18.0 Å². The third-order valence-corrected chi connectivity index (χ3v) is 2.42. The highest BCUT2D eigenvalue weighted by Crippen LogP contribution is 2.18. The third kappa shape index (κ3) is 4.63. The smallest absolute Gasteiger partial charge is 0.372 e. The number of hydrogen-bond acceptors (Lipinski definition) is 4. The van der Waals surface area contributed by atoms with Gasteiger partial charge in [0.1, 0.15) is 6.61 Å². The summed E-state index contributed by atoms with van der Waals surface area (Å²) in [6.45, 7) is 1.33. The van der Waals surface area contributed by atoms with E-state index < -0.39 is 12.8 Å². The van der Waals surface area contributed by atoms with E-state index in [1.54, 1.807) is 16.9 Å². The van der Waals surface area contributed by atoms with E-state index in [1.165, 1.54) is 0 Å². The van der Waals surface area contributed by atoms with Crippen LogP contribution in [0.5, 0.6) is 0 Å². The van der Waals surface area contributed by atoms with Crippen LogP contribution in [0.1, 0.15) is 25.1 Å². The Morgan fingerprint density at radius 1 is 1.56 bits per heavy atom. The van der Waals surface area contributed by atoms with Gasteiger partial charge in [-0.25, -0.2) is 0 Å². The van der Waals surface area contributed by atoms with Crippen molar-refractivity contribution in [3.63, 3.8) is 0 Å². The molecule has 0 fully saturated rings. The summed E-state index contributed by atoms with van der Waals surface area (Å²) in [4.78, 5) is 0. The number of alkyl halides is 3. The molecular formula is C10H17F3N4O. The van der Waals surface area contributed by atoms with E-state index in [0.29, 0.717) is 13.0 Å². The number of nitrogens with one attached hydrogen (secondary N) is 1. The highest BCUT2D eigenvalue weighted by molar-refractivity contribution is 5.06. The molecule has 18 heavy (non-hydrogen) atoms. The molecule has 0 saturated heterocycles. The van der Waals surface area contributed by atoms with Gasteiger partial charge < -0.3 is 4.74 Å². The highest BCUT2D eigenvalue weighted by Gasteiger charge is 2.27. The van der Waals surface area contributed by atoms with Gasteiger partial charge in [0.25, 0.3) is 0 Å². The number of aromatic nitrogens is 2. The molecular weight excluding hydrogens is 249 g/mol. The lowest BCUT2D eigenvalue weighted by molar-refractivity contribution is -0.174. The van der Waals surface area contributed by atoms with Gasteiger partial charge in [-0.2, -0.15) is 18.3 Å². The van der Waals surface area contributed by atoms with Gasteiger partial charge in [-0.3, -0.25) is 16.0 Å². The van der Waals surface area contributed by atoms with Crippen molar-refractivity contribution in [1.29, 1.82) is 0 Å². The number of nitrogens with two attached hydrogens (primary N) is 1. The summed E-state index contributed by atoms with van der Waals surface area (Å²) in [5.74, 6) is 5.39. The first-order chi connectivity index (χ1) is 8.48. The van der Waals surface area contributed by atoms with E-state index in [-0.39, 0.29) is 12.6 Å². The van der Waals surface area contributed by atoms with Crippen LogP contribution in [0.2, 0.25) is 0 Å². The molecule has 0 saturated carbocycles. The zero-order valence-electron chi connectivity index (χ0n) is 10.1. The van der Waals surface area contributed by atoms with Gasteiger partial charge in [0, 0.05) is 19.3 Å². The lowest BCUT2D eigenvalue weighted by atomic mass is 10.1. The van der Waals surface area contributed by atoms with E-state index in [9.17, 15) is 13.2 Å². The minimum atomic E-state index is -4.29. The van der Waals surface area contributed by atoms with Gasteiger partial charge in [-0.05, 0) is 19.4 Å². The standard InChI is InChI=1S/C10H17F3N4O/c1-2-17-9(3-5-15-17)8(16-14)4-6-18-7-10(11,12)13/h3,5,8,16H,2,4,6-7,14H2,1H3. The number of rotatable bonds is 7. The summed E-state index contributed by atoms with van der Waals surface area (Å²) in [5.41, 5.74) is 3.38. The Kier molecular flexibility index (Phi) is 5.57. The van der Waals surface area contributed by atoms with Crippen LogP contribution in [0, 0.1) is 0 Å². The van der Waals surface area contributed by atoms with Crippen molar-refractivity contribution in [2.75, 3.05) is 13.2 Å². The fraction of sp³-hybridized carbons (Fsp3) is 0.700. The number of hydrazine groups is 1. The van der Waals surface area contributed by atoms with Gasteiger partial charge >= 0.3 is 6.18 Å². The molecule has 104 valence electrons. The summed E-state index contributed by atoms with van der Waals surface area (Å²) in [5, 5.41) is 4.07. The van der Waals surface area contributed by atoms with Crippen molar-refractivity contribution in [1.82, 2.24) is 15.2 Å². The fourth-order valence-corrected chi connectivity index (χ4v) is 1.61. The van der Waals surface area contributed by atoms with E-state index in [4.69, 9.17) is 5.84 Å². The normalized spacial score (nSPS) is 13.8. The van der Waals surface area contributed by atoms with Crippen LogP contribution in [-0.2, 0) is 11.3 Å². The summed E-state index contributed by atoms with van der Waals surface area (Å²) < 4.78 is 41.9. The van der Waals surface area contributed by atoms with Crippen molar-refractivity contribution >= 4 is 0 Å². The summed E-state index contributed by atoms with van der Waals surface area (Å²) >= 11 is 0. The SMILES string of the molecule is CCn1nccc1C(CCOCC(F)(F)F)NN. The maximum atomic E-state index is 11.9. The van der Waals surface area contributed by atoms with Gasteiger partial charge in [-0.1, -0.05) is 0 Å². The molecule has 8 heteroatoms. The molecule has 1 rings (SSSR count). The molecule has 1 heterocycles. The number of hydrogen-bond donors (Lipinski definition) is 2. The van der Waals surface area contributed by atoms with Crippen LogP contribution in [0.3, 0.4) is 0 Å². The second-order valence-corrected chi connectivity index (χ2v) is 3.75. The van der Waals surface area contributed by atoms with Crippen molar-refractivity contribution in [2.45, 2.75) is 32.1 Å². The van der Waals surface area contributed by atoms with Gasteiger partial charge in [0.05, 0.1) is 11.7 Å². The first kappa shape index (κ1) is 14.9. The molecule has 0 bridgehead atoms. The van der Waals surface area contributed by atoms with Gasteiger partial charge in [0.2, 0.25) is 0 Å². The molecule has 0 radical (unpaired) electrons. The van der Waals surface area contributed by atoms with Crippen LogP contribution < -0.4 is 11.3 Å². The highest BCUT2D eigenvalue weighted by atomic mass is 19.4. The Hall–Kier alpha value is -1.12. The first-order valence-electron chi connectivity index (χ1n) is 5.60. The topological polar surface area (TPSA) is 65.1 Å². The van der Waals surface area contributed by atoms with Crippen LogP contribution >= 0.6 is 0 Å². The Morgan fingerprint density at radius 2 is 2.28 bits per heavy atom. The molecule has 1 atom stereocenters. The number of nitrogens with zero attached hydrogens (tertiary/aromatic N) is 2. The Bertz CT molecular complexity index is 353. The molecule has 0 aliphatic heterocycles. The maximum Gasteiger partial charge on any atom is 0.411 e. The Balaban J connectivity index is 2.43.